The summed E-state index contributed by atoms with van der Waals surface area (Å²) >= 11 is 1.47. The summed E-state index contributed by atoms with van der Waals surface area (Å²) in [5.41, 5.74) is 1.94. The second-order valence-corrected chi connectivity index (χ2v) is 5.36. The predicted molar refractivity (Wildman–Crippen MR) is 86.2 cm³/mol. The number of hydrogen-bond donors (Lipinski definition) is 1. The van der Waals surface area contributed by atoms with E-state index in [1.807, 2.05) is 40.2 Å². The highest BCUT2D eigenvalue weighted by Crippen LogP contribution is 2.29. The van der Waals surface area contributed by atoms with Crippen molar-refractivity contribution < 1.29 is 9.53 Å². The van der Waals surface area contributed by atoms with Gasteiger partial charge in [0.2, 0.25) is 0 Å². The molecular weight excluding hydrogens is 298 g/mol. The van der Waals surface area contributed by atoms with Crippen molar-refractivity contribution >= 4 is 22.2 Å². The summed E-state index contributed by atoms with van der Waals surface area (Å²) in [6.07, 6.45) is 7.08. The first-order valence-corrected chi connectivity index (χ1v) is 7.44. The van der Waals surface area contributed by atoms with E-state index in [1.54, 1.807) is 7.11 Å². The first-order valence-electron chi connectivity index (χ1n) is 6.56. The number of thiazole rings is 1. The zero-order valence-electron chi connectivity index (χ0n) is 11.9. The number of amides is 1. The minimum absolute atomic E-state index is 0.168. The van der Waals surface area contributed by atoms with Crippen LogP contribution in [0.5, 0.6) is 5.75 Å². The molecule has 6 heteroatoms. The molecule has 0 aliphatic carbocycles. The Morgan fingerprint density at radius 3 is 3.18 bits per heavy atom. The predicted octanol–water partition coefficient (Wildman–Crippen LogP) is 2.43. The Kier molecular flexibility index (Phi) is 3.81. The average Bonchev–Trinajstić information content (AvgIpc) is 3.13. The lowest BCUT2D eigenvalue weighted by atomic mass is 10.1. The van der Waals surface area contributed by atoms with Crippen LogP contribution in [0.25, 0.3) is 16.2 Å². The van der Waals surface area contributed by atoms with Gasteiger partial charge in [-0.3, -0.25) is 9.20 Å². The summed E-state index contributed by atoms with van der Waals surface area (Å²) in [5, 5.41) is 4.59. The Bertz CT molecular complexity index is 873. The molecule has 0 bridgehead atoms. The van der Waals surface area contributed by atoms with Crippen LogP contribution in [0.4, 0.5) is 0 Å². The quantitative estimate of drug-likeness (QED) is 0.753. The van der Waals surface area contributed by atoms with Crippen molar-refractivity contribution in [3.8, 4) is 29.4 Å². The van der Waals surface area contributed by atoms with Gasteiger partial charge in [-0.1, -0.05) is 18.1 Å². The molecule has 0 saturated carbocycles. The second kappa shape index (κ2) is 5.92. The third-order valence-electron chi connectivity index (χ3n) is 3.17. The van der Waals surface area contributed by atoms with Crippen molar-refractivity contribution in [3.63, 3.8) is 0 Å². The number of benzene rings is 1. The second-order valence-electron chi connectivity index (χ2n) is 4.48. The van der Waals surface area contributed by atoms with Crippen LogP contribution < -0.4 is 10.1 Å². The lowest BCUT2D eigenvalue weighted by molar-refractivity contribution is 0.0955. The SMILES string of the molecule is C#CCNC(=O)c1nc2sccn2c1-c1cccc(OC)c1. The van der Waals surface area contributed by atoms with Crippen molar-refractivity contribution in [3.05, 3.63) is 41.5 Å². The topological polar surface area (TPSA) is 55.6 Å². The van der Waals surface area contributed by atoms with Crippen LogP contribution in [0.15, 0.2) is 35.8 Å². The largest absolute Gasteiger partial charge is 0.497 e. The number of nitrogens with one attached hydrogen (secondary N) is 1. The molecule has 0 unspecified atom stereocenters. The lowest BCUT2D eigenvalue weighted by Gasteiger charge is -2.06. The maximum Gasteiger partial charge on any atom is 0.272 e. The van der Waals surface area contributed by atoms with Gasteiger partial charge in [0.1, 0.15) is 5.75 Å². The van der Waals surface area contributed by atoms with Gasteiger partial charge in [0.05, 0.1) is 19.3 Å². The molecule has 1 amide bonds. The molecule has 0 aliphatic rings. The Balaban J connectivity index is 2.15. The Labute approximate surface area is 131 Å². The number of nitrogens with zero attached hydrogens (tertiary/aromatic N) is 2. The van der Waals surface area contributed by atoms with Crippen molar-refractivity contribution in [1.29, 1.82) is 0 Å². The summed E-state index contributed by atoms with van der Waals surface area (Å²) in [4.78, 5) is 17.5. The fraction of sp³-hybridized carbons (Fsp3) is 0.125. The molecule has 1 N–H and O–H groups in total. The lowest BCUT2D eigenvalue weighted by Crippen LogP contribution is -2.24. The Hall–Kier alpha value is -2.78. The maximum absolute atomic E-state index is 12.3. The first-order chi connectivity index (χ1) is 10.7. The van der Waals surface area contributed by atoms with Crippen molar-refractivity contribution in [2.75, 3.05) is 13.7 Å². The van der Waals surface area contributed by atoms with E-state index in [-0.39, 0.29) is 12.5 Å². The molecule has 110 valence electrons. The highest BCUT2D eigenvalue weighted by molar-refractivity contribution is 7.15. The molecule has 1 aromatic carbocycles. The van der Waals surface area contributed by atoms with Crippen LogP contribution in [-0.2, 0) is 0 Å². The van der Waals surface area contributed by atoms with E-state index >= 15 is 0 Å². The minimum Gasteiger partial charge on any atom is -0.497 e. The van der Waals surface area contributed by atoms with Crippen molar-refractivity contribution in [2.45, 2.75) is 0 Å². The summed E-state index contributed by atoms with van der Waals surface area (Å²) in [6.45, 7) is 0.168. The molecule has 0 radical (unpaired) electrons. The van der Waals surface area contributed by atoms with Gasteiger partial charge in [0.25, 0.3) is 5.91 Å². The number of carbonyl (C=O) groups excluding carboxylic acids is 1. The van der Waals surface area contributed by atoms with Gasteiger partial charge in [-0.2, -0.15) is 0 Å². The van der Waals surface area contributed by atoms with E-state index in [4.69, 9.17) is 11.2 Å². The summed E-state index contributed by atoms with van der Waals surface area (Å²) < 4.78 is 7.15. The van der Waals surface area contributed by atoms with E-state index in [2.05, 4.69) is 16.2 Å². The van der Waals surface area contributed by atoms with Crippen LogP contribution in [0.3, 0.4) is 0 Å². The normalized spacial score (nSPS) is 10.4. The van der Waals surface area contributed by atoms with Gasteiger partial charge >= 0.3 is 0 Å². The van der Waals surface area contributed by atoms with Gasteiger partial charge in [-0.05, 0) is 12.1 Å². The van der Waals surface area contributed by atoms with E-state index in [1.165, 1.54) is 11.3 Å². The van der Waals surface area contributed by atoms with Gasteiger partial charge < -0.3 is 10.1 Å². The fourth-order valence-corrected chi connectivity index (χ4v) is 2.92. The Morgan fingerprint density at radius 2 is 2.41 bits per heavy atom. The molecule has 0 spiro atoms. The fourth-order valence-electron chi connectivity index (χ4n) is 2.21. The summed E-state index contributed by atoms with van der Waals surface area (Å²) in [6, 6.07) is 7.52. The van der Waals surface area contributed by atoms with Crippen LogP contribution in [0.2, 0.25) is 0 Å². The van der Waals surface area contributed by atoms with Gasteiger partial charge in [0, 0.05) is 17.1 Å². The van der Waals surface area contributed by atoms with Crippen LogP contribution in [-0.4, -0.2) is 28.9 Å². The minimum atomic E-state index is -0.285. The number of imidazole rings is 1. The van der Waals surface area contributed by atoms with Gasteiger partial charge in [-0.15, -0.1) is 17.8 Å². The molecule has 2 heterocycles. The number of ether oxygens (including phenoxy) is 1. The number of hydrogen-bond acceptors (Lipinski definition) is 4. The van der Waals surface area contributed by atoms with Crippen molar-refractivity contribution in [2.24, 2.45) is 0 Å². The number of aromatic nitrogens is 2. The number of rotatable bonds is 4. The van der Waals surface area contributed by atoms with E-state index in [0.717, 1.165) is 22.0 Å². The summed E-state index contributed by atoms with van der Waals surface area (Å²) in [7, 11) is 1.61. The standard InChI is InChI=1S/C16H13N3O2S/c1-3-7-17-15(20)13-14(19-8-9-22-16(19)18-13)11-5-4-6-12(10-11)21-2/h1,4-6,8-10H,7H2,2H3,(H,17,20). The zero-order valence-corrected chi connectivity index (χ0v) is 12.7. The third kappa shape index (κ3) is 2.43. The van der Waals surface area contributed by atoms with Gasteiger partial charge in [0.15, 0.2) is 10.7 Å². The zero-order chi connectivity index (χ0) is 15.5. The molecule has 22 heavy (non-hydrogen) atoms. The molecule has 5 nitrogen and oxygen atoms in total. The molecule has 0 aliphatic heterocycles. The number of methoxy groups -OCH3 is 1. The van der Waals surface area contributed by atoms with E-state index < -0.39 is 0 Å². The third-order valence-corrected chi connectivity index (χ3v) is 3.93. The van der Waals surface area contributed by atoms with Crippen LogP contribution in [0.1, 0.15) is 10.5 Å². The smallest absolute Gasteiger partial charge is 0.272 e. The molecule has 0 fully saturated rings. The summed E-state index contributed by atoms with van der Waals surface area (Å²) in [5.74, 6) is 2.82. The maximum atomic E-state index is 12.3. The molecular formula is C16H13N3O2S. The first kappa shape index (κ1) is 14.2. The highest BCUT2D eigenvalue weighted by Gasteiger charge is 2.20. The highest BCUT2D eigenvalue weighted by atomic mass is 32.1. The number of carbonyl (C=O) groups is 1. The number of terminal acetylenes is 1. The molecule has 3 rings (SSSR count). The van der Waals surface area contributed by atoms with Crippen LogP contribution >= 0.6 is 11.3 Å². The van der Waals surface area contributed by atoms with E-state index in [0.29, 0.717) is 5.69 Å². The monoisotopic (exact) mass is 311 g/mol. The molecule has 0 atom stereocenters. The van der Waals surface area contributed by atoms with E-state index in [9.17, 15) is 4.79 Å². The van der Waals surface area contributed by atoms with Gasteiger partial charge in [-0.25, -0.2) is 4.98 Å². The molecule has 0 saturated heterocycles. The van der Waals surface area contributed by atoms with Crippen molar-refractivity contribution in [1.82, 2.24) is 14.7 Å². The Morgan fingerprint density at radius 1 is 1.55 bits per heavy atom. The molecule has 2 aromatic heterocycles. The van der Waals surface area contributed by atoms with Crippen LogP contribution in [0, 0.1) is 12.3 Å². The number of fused-ring (bicyclic) bond motifs is 1. The molecule has 3 aromatic rings. The average molecular weight is 311 g/mol.